The van der Waals surface area contributed by atoms with Crippen LogP contribution in [0.3, 0.4) is 0 Å². The van der Waals surface area contributed by atoms with Crippen LogP contribution in [0.4, 0.5) is 0 Å². The Balaban J connectivity index is 2.60. The van der Waals surface area contributed by atoms with Crippen LogP contribution < -0.4 is 5.32 Å². The molecule has 0 spiro atoms. The zero-order valence-corrected chi connectivity index (χ0v) is 10.7. The Kier molecular flexibility index (Phi) is 5.49. The van der Waals surface area contributed by atoms with E-state index in [0.29, 0.717) is 12.1 Å². The van der Waals surface area contributed by atoms with Gasteiger partial charge in [-0.25, -0.2) is 0 Å². The number of nitrogens with zero attached hydrogens (tertiary/aromatic N) is 2. The van der Waals surface area contributed by atoms with Crippen LogP contribution in [-0.4, -0.2) is 30.0 Å². The molecule has 0 bridgehead atoms. The fourth-order valence-corrected chi connectivity index (χ4v) is 1.86. The smallest absolute Gasteiger partial charge is 0.0553 e. The number of methoxy groups -OCH3 is 1. The quantitative estimate of drug-likeness (QED) is 0.771. The molecule has 2 unspecified atom stereocenters. The van der Waals surface area contributed by atoms with Gasteiger partial charge < -0.3 is 10.1 Å². The average molecular weight is 225 g/mol. The number of ether oxygens (including phenoxy) is 1. The zero-order chi connectivity index (χ0) is 12.0. The molecule has 0 aliphatic carbocycles. The van der Waals surface area contributed by atoms with Crippen LogP contribution in [0.5, 0.6) is 0 Å². The molecular weight excluding hydrogens is 202 g/mol. The Morgan fingerprint density at radius 1 is 1.50 bits per heavy atom. The first-order valence-electron chi connectivity index (χ1n) is 5.94. The van der Waals surface area contributed by atoms with E-state index in [-0.39, 0.29) is 0 Å². The summed E-state index contributed by atoms with van der Waals surface area (Å²) in [6, 6.07) is 2.45. The van der Waals surface area contributed by atoms with Crippen LogP contribution in [0.1, 0.15) is 38.4 Å². The number of aromatic nitrogens is 2. The molecule has 16 heavy (non-hydrogen) atoms. The molecular formula is C12H23N3O. The van der Waals surface area contributed by atoms with E-state index in [2.05, 4.69) is 30.3 Å². The Morgan fingerprint density at radius 3 is 2.81 bits per heavy atom. The summed E-state index contributed by atoms with van der Waals surface area (Å²) in [4.78, 5) is 0. The highest BCUT2D eigenvalue weighted by Crippen LogP contribution is 2.19. The van der Waals surface area contributed by atoms with Crippen LogP contribution in [0, 0.1) is 0 Å². The summed E-state index contributed by atoms with van der Waals surface area (Å²) >= 11 is 0. The van der Waals surface area contributed by atoms with Gasteiger partial charge in [-0.05, 0) is 39.8 Å². The molecule has 1 N–H and O–H groups in total. The molecule has 0 aliphatic heterocycles. The fraction of sp³-hybridized carbons (Fsp3) is 0.750. The predicted octanol–water partition coefficient (Wildman–Crippen LogP) is 1.98. The van der Waals surface area contributed by atoms with Crippen LogP contribution in [-0.2, 0) is 11.3 Å². The first kappa shape index (κ1) is 13.2. The van der Waals surface area contributed by atoms with Crippen LogP contribution in [0.15, 0.2) is 12.3 Å². The zero-order valence-electron chi connectivity index (χ0n) is 10.7. The van der Waals surface area contributed by atoms with Crippen molar-refractivity contribution in [2.75, 3.05) is 14.2 Å². The van der Waals surface area contributed by atoms with E-state index in [1.54, 1.807) is 7.11 Å². The maximum atomic E-state index is 5.27. The summed E-state index contributed by atoms with van der Waals surface area (Å²) in [6.07, 6.45) is 4.30. The van der Waals surface area contributed by atoms with Crippen molar-refractivity contribution < 1.29 is 4.74 Å². The van der Waals surface area contributed by atoms with Gasteiger partial charge in [0, 0.05) is 25.9 Å². The minimum atomic E-state index is 0.314. The molecule has 1 rings (SSSR count). The number of rotatable bonds is 7. The second-order valence-electron chi connectivity index (χ2n) is 4.04. The molecule has 0 saturated heterocycles. The molecule has 92 valence electrons. The van der Waals surface area contributed by atoms with Crippen molar-refractivity contribution in [1.29, 1.82) is 0 Å². The van der Waals surface area contributed by atoms with Crippen molar-refractivity contribution in [2.45, 2.75) is 45.4 Å². The van der Waals surface area contributed by atoms with Crippen molar-refractivity contribution in [3.05, 3.63) is 18.0 Å². The first-order valence-corrected chi connectivity index (χ1v) is 5.94. The second-order valence-corrected chi connectivity index (χ2v) is 4.04. The highest BCUT2D eigenvalue weighted by atomic mass is 16.5. The number of hydrogen-bond donors (Lipinski definition) is 1. The van der Waals surface area contributed by atoms with E-state index >= 15 is 0 Å². The van der Waals surface area contributed by atoms with Gasteiger partial charge in [0.05, 0.1) is 11.8 Å². The van der Waals surface area contributed by atoms with Gasteiger partial charge >= 0.3 is 0 Å². The number of nitrogens with one attached hydrogen (secondary N) is 1. The normalized spacial score (nSPS) is 15.0. The minimum absolute atomic E-state index is 0.314. The maximum Gasteiger partial charge on any atom is 0.0553 e. The van der Waals surface area contributed by atoms with E-state index < -0.39 is 0 Å². The molecule has 1 aromatic rings. The van der Waals surface area contributed by atoms with Crippen molar-refractivity contribution in [1.82, 2.24) is 15.1 Å². The molecule has 0 radical (unpaired) electrons. The highest BCUT2D eigenvalue weighted by molar-refractivity contribution is 5.06. The summed E-state index contributed by atoms with van der Waals surface area (Å²) in [5, 5.41) is 7.64. The van der Waals surface area contributed by atoms with Gasteiger partial charge in [-0.1, -0.05) is 0 Å². The topological polar surface area (TPSA) is 39.1 Å². The first-order chi connectivity index (χ1) is 7.72. The van der Waals surface area contributed by atoms with E-state index in [1.165, 1.54) is 5.69 Å². The predicted molar refractivity (Wildman–Crippen MR) is 65.4 cm³/mol. The molecule has 0 aromatic carbocycles. The monoisotopic (exact) mass is 225 g/mol. The van der Waals surface area contributed by atoms with E-state index in [1.807, 2.05) is 17.9 Å². The van der Waals surface area contributed by atoms with Gasteiger partial charge in [0.2, 0.25) is 0 Å². The lowest BCUT2D eigenvalue weighted by Gasteiger charge is -2.19. The van der Waals surface area contributed by atoms with Gasteiger partial charge in [0.15, 0.2) is 0 Å². The average Bonchev–Trinajstić information content (AvgIpc) is 2.77. The van der Waals surface area contributed by atoms with Gasteiger partial charge in [-0.2, -0.15) is 5.10 Å². The summed E-state index contributed by atoms with van der Waals surface area (Å²) in [5.41, 5.74) is 1.26. The Hall–Kier alpha value is -0.870. The fourth-order valence-electron chi connectivity index (χ4n) is 1.86. The lowest BCUT2D eigenvalue weighted by atomic mass is 10.1. The molecule has 0 aliphatic rings. The molecule has 0 saturated carbocycles. The van der Waals surface area contributed by atoms with Gasteiger partial charge in [0.25, 0.3) is 0 Å². The molecule has 1 heterocycles. The minimum Gasteiger partial charge on any atom is -0.382 e. The third kappa shape index (κ3) is 3.32. The number of aryl methyl sites for hydroxylation is 1. The van der Waals surface area contributed by atoms with Gasteiger partial charge in [-0.3, -0.25) is 4.68 Å². The summed E-state index contributed by atoms with van der Waals surface area (Å²) < 4.78 is 7.31. The summed E-state index contributed by atoms with van der Waals surface area (Å²) in [5.74, 6) is 0. The van der Waals surface area contributed by atoms with Crippen molar-refractivity contribution in [2.24, 2.45) is 0 Å². The Morgan fingerprint density at radius 2 is 2.25 bits per heavy atom. The molecule has 4 heteroatoms. The van der Waals surface area contributed by atoms with Crippen LogP contribution >= 0.6 is 0 Å². The maximum absolute atomic E-state index is 5.27. The Labute approximate surface area is 98.0 Å². The largest absolute Gasteiger partial charge is 0.382 e. The SMILES string of the molecule is CCn1nccc1C(CCC(C)OC)NC. The summed E-state index contributed by atoms with van der Waals surface area (Å²) in [6.45, 7) is 5.13. The van der Waals surface area contributed by atoms with Gasteiger partial charge in [-0.15, -0.1) is 0 Å². The van der Waals surface area contributed by atoms with Gasteiger partial charge in [0.1, 0.15) is 0 Å². The highest BCUT2D eigenvalue weighted by Gasteiger charge is 2.14. The third-order valence-electron chi connectivity index (χ3n) is 3.02. The third-order valence-corrected chi connectivity index (χ3v) is 3.02. The molecule has 0 fully saturated rings. The van der Waals surface area contributed by atoms with E-state index in [0.717, 1.165) is 19.4 Å². The molecule has 0 amide bonds. The number of hydrogen-bond acceptors (Lipinski definition) is 3. The van der Waals surface area contributed by atoms with Crippen molar-refractivity contribution >= 4 is 0 Å². The van der Waals surface area contributed by atoms with Crippen molar-refractivity contribution in [3.63, 3.8) is 0 Å². The molecule has 4 nitrogen and oxygen atoms in total. The summed E-state index contributed by atoms with van der Waals surface area (Å²) in [7, 11) is 3.75. The standard InChI is InChI=1S/C12H23N3O/c1-5-15-12(8-9-14-15)11(13-3)7-6-10(2)16-4/h8-11,13H,5-7H2,1-4H3. The Bertz CT molecular complexity index is 298. The van der Waals surface area contributed by atoms with E-state index in [9.17, 15) is 0 Å². The molecule has 2 atom stereocenters. The lowest BCUT2D eigenvalue weighted by Crippen LogP contribution is -2.21. The second kappa shape index (κ2) is 6.66. The molecule has 1 aromatic heterocycles. The lowest BCUT2D eigenvalue weighted by molar-refractivity contribution is 0.106. The van der Waals surface area contributed by atoms with Crippen LogP contribution in [0.2, 0.25) is 0 Å². The van der Waals surface area contributed by atoms with Crippen LogP contribution in [0.25, 0.3) is 0 Å². The van der Waals surface area contributed by atoms with E-state index in [4.69, 9.17) is 4.74 Å². The van der Waals surface area contributed by atoms with Crippen molar-refractivity contribution in [3.8, 4) is 0 Å².